The molecule has 0 aliphatic rings. The highest BCUT2D eigenvalue weighted by Crippen LogP contribution is 2.28. The summed E-state index contributed by atoms with van der Waals surface area (Å²) in [5, 5.41) is 1.48. The van der Waals surface area contributed by atoms with Crippen molar-refractivity contribution >= 4 is 23.2 Å². The first-order valence-corrected chi connectivity index (χ1v) is 4.85. The summed E-state index contributed by atoms with van der Waals surface area (Å²) in [5.74, 6) is 0.509. The summed E-state index contributed by atoms with van der Waals surface area (Å²) in [5.41, 5.74) is 1.18. The van der Waals surface area contributed by atoms with Gasteiger partial charge in [-0.1, -0.05) is 43.1 Å². The van der Waals surface area contributed by atoms with E-state index in [0.29, 0.717) is 10.9 Å². The summed E-state index contributed by atoms with van der Waals surface area (Å²) in [6.45, 7) is 4.31. The van der Waals surface area contributed by atoms with Crippen LogP contribution in [0.3, 0.4) is 0 Å². The predicted octanol–water partition coefficient (Wildman–Crippen LogP) is 4.51. The van der Waals surface area contributed by atoms with Crippen LogP contribution in [-0.2, 0) is 0 Å². The van der Waals surface area contributed by atoms with E-state index < -0.39 is 0 Å². The van der Waals surface area contributed by atoms with E-state index in [1.807, 2.05) is 12.1 Å². The standard InChI is InChI=1S/C10H12Cl2/c1-3-7(2)9-5-4-8(11)6-10(9)12/h4-7H,3H2,1-2H3/t7-/m0/s1. The molecule has 0 heterocycles. The first-order valence-electron chi connectivity index (χ1n) is 4.10. The molecule has 0 N–H and O–H groups in total. The molecule has 1 atom stereocenters. The molecule has 0 aromatic heterocycles. The molecule has 66 valence electrons. The second-order valence-electron chi connectivity index (χ2n) is 2.98. The minimum Gasteiger partial charge on any atom is -0.0843 e. The van der Waals surface area contributed by atoms with Crippen LogP contribution >= 0.6 is 23.2 Å². The molecule has 0 fully saturated rings. The van der Waals surface area contributed by atoms with Gasteiger partial charge in [0.25, 0.3) is 0 Å². The molecule has 0 radical (unpaired) electrons. The van der Waals surface area contributed by atoms with E-state index in [1.165, 1.54) is 5.56 Å². The van der Waals surface area contributed by atoms with E-state index in [1.54, 1.807) is 6.07 Å². The van der Waals surface area contributed by atoms with E-state index in [-0.39, 0.29) is 0 Å². The van der Waals surface area contributed by atoms with Crippen molar-refractivity contribution in [3.8, 4) is 0 Å². The van der Waals surface area contributed by atoms with Gasteiger partial charge < -0.3 is 0 Å². The van der Waals surface area contributed by atoms with E-state index >= 15 is 0 Å². The normalized spacial score (nSPS) is 13.0. The van der Waals surface area contributed by atoms with Crippen LogP contribution in [0.2, 0.25) is 10.0 Å². The molecule has 1 aromatic rings. The van der Waals surface area contributed by atoms with Gasteiger partial charge in [0.05, 0.1) is 0 Å². The Bertz CT molecular complexity index is 269. The first kappa shape index (κ1) is 9.88. The molecule has 0 saturated carbocycles. The number of hydrogen-bond acceptors (Lipinski definition) is 0. The average molecular weight is 203 g/mol. The Morgan fingerprint density at radius 1 is 1.33 bits per heavy atom. The Hall–Kier alpha value is -0.200. The maximum atomic E-state index is 6.02. The lowest BCUT2D eigenvalue weighted by molar-refractivity contribution is 0.734. The lowest BCUT2D eigenvalue weighted by Gasteiger charge is -2.10. The van der Waals surface area contributed by atoms with Crippen LogP contribution in [0.15, 0.2) is 18.2 Å². The maximum Gasteiger partial charge on any atom is 0.0455 e. The van der Waals surface area contributed by atoms with Crippen molar-refractivity contribution < 1.29 is 0 Å². The fourth-order valence-corrected chi connectivity index (χ4v) is 1.72. The van der Waals surface area contributed by atoms with Gasteiger partial charge in [-0.3, -0.25) is 0 Å². The molecular formula is C10H12Cl2. The lowest BCUT2D eigenvalue weighted by Crippen LogP contribution is -1.91. The molecule has 1 rings (SSSR count). The van der Waals surface area contributed by atoms with Crippen LogP contribution in [0.1, 0.15) is 31.7 Å². The van der Waals surface area contributed by atoms with Crippen molar-refractivity contribution in [3.05, 3.63) is 33.8 Å². The van der Waals surface area contributed by atoms with Gasteiger partial charge in [-0.25, -0.2) is 0 Å². The van der Waals surface area contributed by atoms with Crippen molar-refractivity contribution in [1.82, 2.24) is 0 Å². The largest absolute Gasteiger partial charge is 0.0843 e. The zero-order chi connectivity index (χ0) is 9.14. The lowest BCUT2D eigenvalue weighted by atomic mass is 9.99. The molecule has 0 unspecified atom stereocenters. The second-order valence-corrected chi connectivity index (χ2v) is 3.82. The molecule has 0 nitrogen and oxygen atoms in total. The summed E-state index contributed by atoms with van der Waals surface area (Å²) in [6.07, 6.45) is 1.10. The van der Waals surface area contributed by atoms with Crippen molar-refractivity contribution in [1.29, 1.82) is 0 Å². The zero-order valence-corrected chi connectivity index (χ0v) is 8.78. The van der Waals surface area contributed by atoms with Crippen LogP contribution < -0.4 is 0 Å². The Morgan fingerprint density at radius 3 is 2.50 bits per heavy atom. The van der Waals surface area contributed by atoms with E-state index in [2.05, 4.69) is 13.8 Å². The van der Waals surface area contributed by atoms with Gasteiger partial charge >= 0.3 is 0 Å². The Kier molecular flexibility index (Phi) is 3.42. The molecule has 0 amide bonds. The first-order chi connectivity index (χ1) is 5.65. The molecule has 0 spiro atoms. The zero-order valence-electron chi connectivity index (χ0n) is 7.27. The van der Waals surface area contributed by atoms with Crippen LogP contribution in [0.5, 0.6) is 0 Å². The van der Waals surface area contributed by atoms with Gasteiger partial charge in [0.2, 0.25) is 0 Å². The van der Waals surface area contributed by atoms with E-state index in [0.717, 1.165) is 11.4 Å². The quantitative estimate of drug-likeness (QED) is 0.663. The van der Waals surface area contributed by atoms with Gasteiger partial charge in [0.1, 0.15) is 0 Å². The van der Waals surface area contributed by atoms with Gasteiger partial charge in [0, 0.05) is 10.0 Å². The maximum absolute atomic E-state index is 6.02. The summed E-state index contributed by atoms with van der Waals surface area (Å²) in [7, 11) is 0. The minimum absolute atomic E-state index is 0.509. The highest BCUT2D eigenvalue weighted by atomic mass is 35.5. The van der Waals surface area contributed by atoms with E-state index in [4.69, 9.17) is 23.2 Å². The van der Waals surface area contributed by atoms with Crippen LogP contribution in [-0.4, -0.2) is 0 Å². The molecule has 0 aliphatic heterocycles. The van der Waals surface area contributed by atoms with Crippen molar-refractivity contribution in [2.45, 2.75) is 26.2 Å². The van der Waals surface area contributed by atoms with Crippen molar-refractivity contribution in [3.63, 3.8) is 0 Å². The summed E-state index contributed by atoms with van der Waals surface area (Å²) < 4.78 is 0. The van der Waals surface area contributed by atoms with Crippen LogP contribution in [0, 0.1) is 0 Å². The van der Waals surface area contributed by atoms with Crippen LogP contribution in [0.25, 0.3) is 0 Å². The van der Waals surface area contributed by atoms with E-state index in [9.17, 15) is 0 Å². The summed E-state index contributed by atoms with van der Waals surface area (Å²) in [4.78, 5) is 0. The molecule has 0 saturated heterocycles. The number of rotatable bonds is 2. The Labute approximate surface area is 83.5 Å². The number of benzene rings is 1. The average Bonchev–Trinajstić information content (AvgIpc) is 2.03. The molecule has 1 aromatic carbocycles. The number of hydrogen-bond donors (Lipinski definition) is 0. The third kappa shape index (κ3) is 2.15. The summed E-state index contributed by atoms with van der Waals surface area (Å²) in [6, 6.07) is 5.68. The third-order valence-electron chi connectivity index (χ3n) is 2.11. The van der Waals surface area contributed by atoms with Gasteiger partial charge in [-0.2, -0.15) is 0 Å². The van der Waals surface area contributed by atoms with Crippen molar-refractivity contribution in [2.24, 2.45) is 0 Å². The Balaban J connectivity index is 3.01. The number of halogens is 2. The molecule has 0 aliphatic carbocycles. The molecule has 12 heavy (non-hydrogen) atoms. The van der Waals surface area contributed by atoms with Gasteiger partial charge in [-0.15, -0.1) is 0 Å². The second kappa shape index (κ2) is 4.15. The molecule has 0 bridgehead atoms. The topological polar surface area (TPSA) is 0 Å². The predicted molar refractivity (Wildman–Crippen MR) is 55.2 cm³/mol. The van der Waals surface area contributed by atoms with Gasteiger partial charge in [0.15, 0.2) is 0 Å². The SMILES string of the molecule is CC[C@H](C)c1ccc(Cl)cc1Cl. The van der Waals surface area contributed by atoms with Crippen molar-refractivity contribution in [2.75, 3.05) is 0 Å². The van der Waals surface area contributed by atoms with Crippen LogP contribution in [0.4, 0.5) is 0 Å². The highest BCUT2D eigenvalue weighted by Gasteiger charge is 2.07. The molecule has 2 heteroatoms. The minimum atomic E-state index is 0.509. The third-order valence-corrected chi connectivity index (χ3v) is 2.67. The molecular weight excluding hydrogens is 191 g/mol. The highest BCUT2D eigenvalue weighted by molar-refractivity contribution is 6.35. The fourth-order valence-electron chi connectivity index (χ4n) is 1.12. The monoisotopic (exact) mass is 202 g/mol. The fraction of sp³-hybridized carbons (Fsp3) is 0.400. The Morgan fingerprint density at radius 2 is 2.00 bits per heavy atom. The summed E-state index contributed by atoms with van der Waals surface area (Å²) >= 11 is 11.8. The smallest absolute Gasteiger partial charge is 0.0455 e. The van der Waals surface area contributed by atoms with Gasteiger partial charge in [-0.05, 0) is 30.0 Å².